The van der Waals surface area contributed by atoms with Gasteiger partial charge >= 0.3 is 0 Å². The molecule has 3 aromatic carbocycles. The Morgan fingerprint density at radius 3 is 1.58 bits per heavy atom. The molecule has 3 rings (SSSR count). The summed E-state index contributed by atoms with van der Waals surface area (Å²) in [5, 5.41) is 9.17. The van der Waals surface area contributed by atoms with Crippen molar-refractivity contribution < 1.29 is 9.59 Å². The van der Waals surface area contributed by atoms with E-state index in [-0.39, 0.29) is 39.3 Å². The Morgan fingerprint density at radius 1 is 0.710 bits per heavy atom. The number of rotatable bonds is 6. The summed E-state index contributed by atoms with van der Waals surface area (Å²) in [6, 6.07) is 23.5. The van der Waals surface area contributed by atoms with Gasteiger partial charge in [0.1, 0.15) is 0 Å². The zero-order valence-corrected chi connectivity index (χ0v) is 16.1. The van der Waals surface area contributed by atoms with Crippen molar-refractivity contribution in [3.63, 3.8) is 0 Å². The molecule has 0 heterocycles. The number of Topliss-reactive ketones (excluding diaryl/α,β-unsaturated/α-hetero) is 2. The number of hydrogen-bond donors (Lipinski definition) is 0. The Kier molecular flexibility index (Phi) is 9.64. The smallest absolute Gasteiger partial charge is 0.167 e. The molecule has 3 nitrogen and oxygen atoms in total. The molecule has 0 unspecified atom stereocenters. The minimum absolute atomic E-state index is 0. The summed E-state index contributed by atoms with van der Waals surface area (Å²) in [5.41, 5.74) is 4.02. The normalized spacial score (nSPS) is 9.16. The Morgan fingerprint density at radius 2 is 1.13 bits per heavy atom. The molecule has 3 aromatic rings. The highest BCUT2D eigenvalue weighted by Crippen LogP contribution is 2.15. The molecule has 0 bridgehead atoms. The van der Waals surface area contributed by atoms with Crippen LogP contribution in [0.5, 0.6) is 0 Å². The van der Waals surface area contributed by atoms with Gasteiger partial charge in [-0.2, -0.15) is 5.26 Å². The third-order valence-electron chi connectivity index (χ3n) is 4.65. The van der Waals surface area contributed by atoms with Gasteiger partial charge in [0.2, 0.25) is 0 Å². The van der Waals surface area contributed by atoms with Gasteiger partial charge in [-0.05, 0) is 30.2 Å². The van der Waals surface area contributed by atoms with Crippen molar-refractivity contribution in [3.8, 4) is 17.9 Å². The second-order valence-corrected chi connectivity index (χ2v) is 6.58. The Labute approximate surface area is 185 Å². The fourth-order valence-corrected chi connectivity index (χ4v) is 3.11. The first-order chi connectivity index (χ1) is 14.1. The van der Waals surface area contributed by atoms with E-state index < -0.39 is 0 Å². The summed E-state index contributed by atoms with van der Waals surface area (Å²) in [6.07, 6.45) is 0.410. The average molecular weight is 410 g/mol. The number of nitrogens with zero attached hydrogens (tertiary/aromatic N) is 1. The minimum Gasteiger partial charge on any atom is -0.294 e. The van der Waals surface area contributed by atoms with Crippen molar-refractivity contribution in [1.29, 1.82) is 5.26 Å². The molecular formula is C28H27NO2. The van der Waals surface area contributed by atoms with Crippen LogP contribution >= 0.6 is 0 Å². The number of carbonyl (C=O) groups is 2. The zero-order valence-electron chi connectivity index (χ0n) is 16.1. The molecule has 0 aliphatic carbocycles. The molecule has 0 aliphatic heterocycles. The average Bonchev–Trinajstić information content (AvgIpc) is 2.75. The van der Waals surface area contributed by atoms with Crippen molar-refractivity contribution in [2.24, 2.45) is 0 Å². The lowest BCUT2D eigenvalue weighted by molar-refractivity contribution is 0.0981. The van der Waals surface area contributed by atoms with E-state index in [1.165, 1.54) is 0 Å². The molecule has 0 amide bonds. The fraction of sp³-hybridized carbons (Fsp3) is 0.179. The lowest BCUT2D eigenvalue weighted by Gasteiger charge is -2.06. The van der Waals surface area contributed by atoms with Crippen LogP contribution in [0.2, 0.25) is 0 Å². The van der Waals surface area contributed by atoms with Crippen molar-refractivity contribution in [3.05, 3.63) is 106 Å². The van der Waals surface area contributed by atoms with Crippen LogP contribution in [-0.2, 0) is 12.8 Å². The number of nitriles is 1. The highest BCUT2D eigenvalue weighted by molar-refractivity contribution is 6.01. The molecule has 0 saturated carbocycles. The van der Waals surface area contributed by atoms with Gasteiger partial charge in [0.25, 0.3) is 0 Å². The van der Waals surface area contributed by atoms with Gasteiger partial charge in [0.05, 0.1) is 11.6 Å². The Bertz CT molecular complexity index is 1160. The van der Waals surface area contributed by atoms with Gasteiger partial charge in [0, 0.05) is 29.5 Å². The largest absolute Gasteiger partial charge is 0.294 e. The maximum Gasteiger partial charge on any atom is 0.167 e. The van der Waals surface area contributed by atoms with E-state index in [4.69, 9.17) is 5.26 Å². The van der Waals surface area contributed by atoms with Gasteiger partial charge in [-0.25, -0.2) is 0 Å². The highest BCUT2D eigenvalue weighted by Gasteiger charge is 2.13. The van der Waals surface area contributed by atoms with E-state index in [1.807, 2.05) is 30.3 Å². The van der Waals surface area contributed by atoms with Crippen LogP contribution < -0.4 is 0 Å². The molecule has 3 heteroatoms. The minimum atomic E-state index is -0.0877. The molecule has 0 N–H and O–H groups in total. The van der Waals surface area contributed by atoms with Gasteiger partial charge < -0.3 is 0 Å². The second-order valence-electron chi connectivity index (χ2n) is 6.58. The van der Waals surface area contributed by atoms with Crippen molar-refractivity contribution in [1.82, 2.24) is 0 Å². The van der Waals surface area contributed by atoms with Gasteiger partial charge in [-0.1, -0.05) is 81.4 Å². The highest BCUT2D eigenvalue weighted by atomic mass is 16.1. The topological polar surface area (TPSA) is 57.9 Å². The Hall–Kier alpha value is -3.95. The van der Waals surface area contributed by atoms with E-state index in [0.29, 0.717) is 22.3 Å². The van der Waals surface area contributed by atoms with E-state index in [1.54, 1.807) is 49.4 Å². The zero-order chi connectivity index (χ0) is 20.6. The van der Waals surface area contributed by atoms with Crippen LogP contribution in [0, 0.1) is 23.2 Å². The lowest BCUT2D eigenvalue weighted by atomic mass is 9.96. The fourth-order valence-electron chi connectivity index (χ4n) is 3.11. The third-order valence-corrected chi connectivity index (χ3v) is 4.65. The molecule has 31 heavy (non-hydrogen) atoms. The molecule has 0 atom stereocenters. The van der Waals surface area contributed by atoms with E-state index in [0.717, 1.165) is 11.1 Å². The summed E-state index contributed by atoms with van der Waals surface area (Å²) in [5.74, 6) is 5.77. The molecule has 0 saturated heterocycles. The summed E-state index contributed by atoms with van der Waals surface area (Å²) in [7, 11) is 0. The van der Waals surface area contributed by atoms with Crippen molar-refractivity contribution in [2.75, 3.05) is 0 Å². The SMILES string of the molecule is C.C.CC#Cc1ccccc1CC(=O)c1ccc(C(=O)Cc2ccccc2C#N)cc1. The van der Waals surface area contributed by atoms with Gasteiger partial charge in [0.15, 0.2) is 11.6 Å². The molecule has 0 aliphatic rings. The molecular weight excluding hydrogens is 382 g/mol. The van der Waals surface area contributed by atoms with E-state index >= 15 is 0 Å². The Balaban J connectivity index is 0.00000240. The first kappa shape index (κ1) is 25.1. The molecule has 156 valence electrons. The van der Waals surface area contributed by atoms with Crippen LogP contribution in [0.1, 0.15) is 64.7 Å². The monoisotopic (exact) mass is 409 g/mol. The first-order valence-electron chi connectivity index (χ1n) is 9.27. The summed E-state index contributed by atoms with van der Waals surface area (Å²) < 4.78 is 0. The first-order valence-corrected chi connectivity index (χ1v) is 9.27. The standard InChI is InChI=1S/C26H19NO2.2CH4/c1-2-7-19-8-3-4-9-22(19)16-25(28)20-12-14-21(15-13-20)26(29)17-23-10-5-6-11-24(23)18-27;;/h3-6,8-15H,16-17H2,1H3;2*1H4. The quantitative estimate of drug-likeness (QED) is 0.368. The van der Waals surface area contributed by atoms with Crippen LogP contribution in [0.15, 0.2) is 72.8 Å². The number of ketones is 2. The molecule has 0 spiro atoms. The van der Waals surface area contributed by atoms with Crippen molar-refractivity contribution >= 4 is 11.6 Å². The van der Waals surface area contributed by atoms with E-state index in [9.17, 15) is 9.59 Å². The maximum atomic E-state index is 12.7. The number of carbonyl (C=O) groups excluding carboxylic acids is 2. The number of hydrogen-bond acceptors (Lipinski definition) is 3. The predicted molar refractivity (Wildman–Crippen MR) is 126 cm³/mol. The van der Waals surface area contributed by atoms with Crippen LogP contribution in [0.3, 0.4) is 0 Å². The van der Waals surface area contributed by atoms with Crippen LogP contribution in [0.25, 0.3) is 0 Å². The summed E-state index contributed by atoms with van der Waals surface area (Å²) >= 11 is 0. The van der Waals surface area contributed by atoms with E-state index in [2.05, 4.69) is 17.9 Å². The maximum absolute atomic E-state index is 12.7. The molecule has 0 radical (unpaired) electrons. The van der Waals surface area contributed by atoms with Crippen LogP contribution in [-0.4, -0.2) is 11.6 Å². The van der Waals surface area contributed by atoms with Gasteiger partial charge in [-0.15, -0.1) is 5.92 Å². The molecule has 0 fully saturated rings. The summed E-state index contributed by atoms with van der Waals surface area (Å²) in [6.45, 7) is 1.77. The lowest BCUT2D eigenvalue weighted by Crippen LogP contribution is -2.08. The van der Waals surface area contributed by atoms with Crippen LogP contribution in [0.4, 0.5) is 0 Å². The van der Waals surface area contributed by atoms with Crippen molar-refractivity contribution in [2.45, 2.75) is 34.6 Å². The third kappa shape index (κ3) is 6.26. The molecule has 0 aromatic heterocycles. The van der Waals surface area contributed by atoms with Gasteiger partial charge in [-0.3, -0.25) is 9.59 Å². The summed E-state index contributed by atoms with van der Waals surface area (Å²) in [4.78, 5) is 25.2. The second kappa shape index (κ2) is 11.9. The number of benzene rings is 3. The predicted octanol–water partition coefficient (Wildman–Crippen LogP) is 6.05.